The van der Waals surface area contributed by atoms with Crippen molar-refractivity contribution in [2.75, 3.05) is 13.1 Å². The number of carbonyl (C=O) groups excluding carboxylic acids is 3. The van der Waals surface area contributed by atoms with E-state index >= 15 is 0 Å². The number of amides is 3. The van der Waals surface area contributed by atoms with Crippen LogP contribution in [0.3, 0.4) is 0 Å². The van der Waals surface area contributed by atoms with Crippen molar-refractivity contribution >= 4 is 17.7 Å². The Hall–Kier alpha value is -3.30. The summed E-state index contributed by atoms with van der Waals surface area (Å²) in [5.41, 5.74) is 5.22. The molecule has 2 heterocycles. The molecule has 0 atom stereocenters. The summed E-state index contributed by atoms with van der Waals surface area (Å²) >= 11 is 0. The van der Waals surface area contributed by atoms with E-state index in [1.807, 2.05) is 0 Å². The third kappa shape index (κ3) is 6.09. The molecule has 1 fully saturated rings. The topological polar surface area (TPSA) is 117 Å². The van der Waals surface area contributed by atoms with Crippen molar-refractivity contribution in [1.29, 1.82) is 0 Å². The number of carbonyl (C=O) groups is 3. The standard InChI is InChI=1S/C19H22FN5O4/c20-14-7-5-13(6-8-14)19-21-17(29-24-19)10-9-15(26)22-23-16(27)12-25-11-3-1-2-4-18(25)28/h5-8H,1-4,9-12H2,(H,22,26)(H,23,27). The molecule has 1 aliphatic rings. The van der Waals surface area contributed by atoms with Crippen molar-refractivity contribution in [1.82, 2.24) is 25.9 Å². The fraction of sp³-hybridized carbons (Fsp3) is 0.421. The first-order valence-electron chi connectivity index (χ1n) is 9.45. The van der Waals surface area contributed by atoms with Gasteiger partial charge in [0.1, 0.15) is 12.4 Å². The van der Waals surface area contributed by atoms with Crippen LogP contribution in [0.15, 0.2) is 28.8 Å². The Morgan fingerprint density at radius 2 is 1.86 bits per heavy atom. The molecule has 3 rings (SSSR count). The SMILES string of the molecule is O=C(CCc1nc(-c2ccc(F)cc2)no1)NNC(=O)CN1CCCCCC1=O. The normalized spacial score (nSPS) is 14.4. The van der Waals surface area contributed by atoms with E-state index in [9.17, 15) is 18.8 Å². The average molecular weight is 403 g/mol. The van der Waals surface area contributed by atoms with Crippen LogP contribution < -0.4 is 10.9 Å². The molecule has 0 spiro atoms. The molecule has 10 heteroatoms. The lowest BCUT2D eigenvalue weighted by atomic mass is 10.2. The van der Waals surface area contributed by atoms with Gasteiger partial charge in [-0.05, 0) is 37.1 Å². The zero-order valence-corrected chi connectivity index (χ0v) is 15.8. The average Bonchev–Trinajstić information content (AvgIpc) is 3.10. The third-order valence-electron chi connectivity index (χ3n) is 4.48. The number of hydrazine groups is 1. The van der Waals surface area contributed by atoms with Crippen LogP contribution in [0.1, 0.15) is 38.0 Å². The fourth-order valence-electron chi connectivity index (χ4n) is 2.91. The molecule has 9 nitrogen and oxygen atoms in total. The van der Waals surface area contributed by atoms with Crippen LogP contribution in [0.2, 0.25) is 0 Å². The Morgan fingerprint density at radius 1 is 1.10 bits per heavy atom. The number of likely N-dealkylation sites (tertiary alicyclic amines) is 1. The van der Waals surface area contributed by atoms with E-state index in [4.69, 9.17) is 4.52 Å². The number of halogens is 1. The Kier molecular flexibility index (Phi) is 6.88. The largest absolute Gasteiger partial charge is 0.339 e. The third-order valence-corrected chi connectivity index (χ3v) is 4.48. The molecular formula is C19H22FN5O4. The maximum atomic E-state index is 13.0. The molecule has 1 aliphatic heterocycles. The van der Waals surface area contributed by atoms with Crippen molar-refractivity contribution in [2.24, 2.45) is 0 Å². The Balaban J connectivity index is 1.40. The molecule has 154 valence electrons. The predicted octanol–water partition coefficient (Wildman–Crippen LogP) is 1.36. The van der Waals surface area contributed by atoms with E-state index in [-0.39, 0.29) is 37.0 Å². The van der Waals surface area contributed by atoms with Crippen molar-refractivity contribution in [3.63, 3.8) is 0 Å². The molecule has 0 aliphatic carbocycles. The van der Waals surface area contributed by atoms with Crippen LogP contribution in [0.4, 0.5) is 4.39 Å². The highest BCUT2D eigenvalue weighted by Crippen LogP contribution is 2.16. The number of rotatable bonds is 6. The number of aromatic nitrogens is 2. The van der Waals surface area contributed by atoms with Gasteiger partial charge in [0.25, 0.3) is 5.91 Å². The van der Waals surface area contributed by atoms with Gasteiger partial charge in [0.05, 0.1) is 0 Å². The highest BCUT2D eigenvalue weighted by molar-refractivity contribution is 5.86. The van der Waals surface area contributed by atoms with Gasteiger partial charge in [-0.3, -0.25) is 25.2 Å². The summed E-state index contributed by atoms with van der Waals surface area (Å²) in [6.07, 6.45) is 3.33. The summed E-state index contributed by atoms with van der Waals surface area (Å²) in [5.74, 6) is -0.738. The minimum absolute atomic E-state index is 0.0218. The fourth-order valence-corrected chi connectivity index (χ4v) is 2.91. The number of hydrogen-bond acceptors (Lipinski definition) is 6. The number of hydrogen-bond donors (Lipinski definition) is 2. The Morgan fingerprint density at radius 3 is 2.66 bits per heavy atom. The quantitative estimate of drug-likeness (QED) is 0.704. The monoisotopic (exact) mass is 403 g/mol. The van der Waals surface area contributed by atoms with Gasteiger partial charge in [0, 0.05) is 31.4 Å². The van der Waals surface area contributed by atoms with Gasteiger partial charge in [-0.25, -0.2) is 4.39 Å². The number of aryl methyl sites for hydroxylation is 1. The lowest BCUT2D eigenvalue weighted by Gasteiger charge is -2.19. The summed E-state index contributed by atoms with van der Waals surface area (Å²) in [5, 5.41) is 3.80. The lowest BCUT2D eigenvalue weighted by Crippen LogP contribution is -2.47. The number of nitrogens with one attached hydrogen (secondary N) is 2. The van der Waals surface area contributed by atoms with E-state index in [1.54, 1.807) is 0 Å². The molecule has 0 saturated carbocycles. The molecule has 0 radical (unpaired) electrons. The summed E-state index contributed by atoms with van der Waals surface area (Å²) < 4.78 is 18.0. The van der Waals surface area contributed by atoms with Crippen LogP contribution in [-0.4, -0.2) is 45.9 Å². The Labute approximate surface area is 166 Å². The second-order valence-corrected chi connectivity index (χ2v) is 6.74. The molecule has 1 aromatic heterocycles. The van der Waals surface area contributed by atoms with Gasteiger partial charge in [0.2, 0.25) is 23.5 Å². The molecule has 2 aromatic rings. The summed E-state index contributed by atoms with van der Waals surface area (Å²) in [6.45, 7) is 0.470. The zero-order valence-electron chi connectivity index (χ0n) is 15.8. The zero-order chi connectivity index (χ0) is 20.6. The highest BCUT2D eigenvalue weighted by atomic mass is 19.1. The second kappa shape index (κ2) is 9.76. The van der Waals surface area contributed by atoms with E-state index in [2.05, 4.69) is 21.0 Å². The molecule has 1 saturated heterocycles. The first-order valence-corrected chi connectivity index (χ1v) is 9.45. The van der Waals surface area contributed by atoms with Crippen LogP contribution in [0, 0.1) is 5.82 Å². The first-order chi connectivity index (χ1) is 14.0. The number of nitrogens with zero attached hydrogens (tertiary/aromatic N) is 3. The maximum absolute atomic E-state index is 13.0. The molecule has 2 N–H and O–H groups in total. The number of benzene rings is 1. The van der Waals surface area contributed by atoms with Crippen LogP contribution in [0.25, 0.3) is 11.4 Å². The van der Waals surface area contributed by atoms with Gasteiger partial charge in [-0.1, -0.05) is 11.6 Å². The van der Waals surface area contributed by atoms with Gasteiger partial charge in [-0.15, -0.1) is 0 Å². The van der Waals surface area contributed by atoms with Crippen molar-refractivity contribution in [3.8, 4) is 11.4 Å². The summed E-state index contributed by atoms with van der Waals surface area (Å²) in [7, 11) is 0. The molecule has 0 unspecified atom stereocenters. The van der Waals surface area contributed by atoms with Crippen LogP contribution >= 0.6 is 0 Å². The maximum Gasteiger partial charge on any atom is 0.257 e. The van der Waals surface area contributed by atoms with Crippen LogP contribution in [0.5, 0.6) is 0 Å². The Bertz CT molecular complexity index is 868. The summed E-state index contributed by atoms with van der Waals surface area (Å²) in [4.78, 5) is 41.4. The van der Waals surface area contributed by atoms with Gasteiger partial charge in [0.15, 0.2) is 0 Å². The van der Waals surface area contributed by atoms with Gasteiger partial charge >= 0.3 is 0 Å². The van der Waals surface area contributed by atoms with Crippen LogP contribution in [-0.2, 0) is 20.8 Å². The smallest absolute Gasteiger partial charge is 0.257 e. The molecule has 1 aromatic carbocycles. The second-order valence-electron chi connectivity index (χ2n) is 6.74. The van der Waals surface area contributed by atoms with Gasteiger partial charge < -0.3 is 9.42 Å². The molecule has 3 amide bonds. The molecule has 0 bridgehead atoms. The van der Waals surface area contributed by atoms with Crippen molar-refractivity contribution < 1.29 is 23.3 Å². The first kappa shape index (κ1) is 20.4. The van der Waals surface area contributed by atoms with Gasteiger partial charge in [-0.2, -0.15) is 4.98 Å². The van der Waals surface area contributed by atoms with E-state index in [0.717, 1.165) is 19.3 Å². The minimum atomic E-state index is -0.454. The van der Waals surface area contributed by atoms with E-state index in [0.29, 0.717) is 24.4 Å². The summed E-state index contributed by atoms with van der Waals surface area (Å²) in [6, 6.07) is 5.64. The predicted molar refractivity (Wildman–Crippen MR) is 99.3 cm³/mol. The lowest BCUT2D eigenvalue weighted by molar-refractivity contribution is -0.136. The van der Waals surface area contributed by atoms with E-state index < -0.39 is 11.8 Å². The molecule has 29 heavy (non-hydrogen) atoms. The highest BCUT2D eigenvalue weighted by Gasteiger charge is 2.19. The van der Waals surface area contributed by atoms with Crippen molar-refractivity contribution in [3.05, 3.63) is 36.0 Å². The minimum Gasteiger partial charge on any atom is -0.339 e. The van der Waals surface area contributed by atoms with E-state index in [1.165, 1.54) is 29.2 Å². The van der Waals surface area contributed by atoms with Crippen molar-refractivity contribution in [2.45, 2.75) is 38.5 Å². The molecular weight excluding hydrogens is 381 g/mol.